The lowest BCUT2D eigenvalue weighted by molar-refractivity contribution is 1.33. The number of nitrogens with zero attached hydrogens (tertiary/aromatic N) is 1. The standard InChI is InChI=1S/C11H5Cl4N/c12-7-4-8(11(15)9(13)5-7)6-1-2-16-10(14)3-6/h1-5H. The summed E-state index contributed by atoms with van der Waals surface area (Å²) in [6.45, 7) is 0. The van der Waals surface area contributed by atoms with Crippen molar-refractivity contribution in [2.45, 2.75) is 0 Å². The maximum absolute atomic E-state index is 6.10. The third-order valence-corrected chi connectivity index (χ3v) is 3.26. The molecule has 1 heterocycles. The Morgan fingerprint density at radius 2 is 1.69 bits per heavy atom. The first-order valence-electron chi connectivity index (χ1n) is 4.34. The molecule has 0 saturated heterocycles. The van der Waals surface area contributed by atoms with E-state index in [0.717, 1.165) is 11.1 Å². The van der Waals surface area contributed by atoms with Crippen molar-refractivity contribution in [1.82, 2.24) is 4.98 Å². The van der Waals surface area contributed by atoms with Crippen molar-refractivity contribution in [2.75, 3.05) is 0 Å². The minimum Gasteiger partial charge on any atom is -0.245 e. The van der Waals surface area contributed by atoms with Gasteiger partial charge in [-0.05, 0) is 29.8 Å². The summed E-state index contributed by atoms with van der Waals surface area (Å²) in [5.74, 6) is 0. The fourth-order valence-electron chi connectivity index (χ4n) is 1.34. The van der Waals surface area contributed by atoms with Gasteiger partial charge in [0.1, 0.15) is 5.15 Å². The number of benzene rings is 1. The normalized spacial score (nSPS) is 10.5. The van der Waals surface area contributed by atoms with Crippen molar-refractivity contribution in [3.8, 4) is 11.1 Å². The molecule has 0 spiro atoms. The topological polar surface area (TPSA) is 12.9 Å². The van der Waals surface area contributed by atoms with Crippen LogP contribution in [0, 0.1) is 0 Å². The highest BCUT2D eigenvalue weighted by Crippen LogP contribution is 2.36. The Bertz CT molecular complexity index is 540. The second kappa shape index (κ2) is 4.80. The van der Waals surface area contributed by atoms with E-state index in [9.17, 15) is 0 Å². The van der Waals surface area contributed by atoms with Gasteiger partial charge in [0.15, 0.2) is 0 Å². The molecule has 2 aromatic rings. The van der Waals surface area contributed by atoms with E-state index in [2.05, 4.69) is 4.98 Å². The van der Waals surface area contributed by atoms with Gasteiger partial charge < -0.3 is 0 Å². The summed E-state index contributed by atoms with van der Waals surface area (Å²) in [4.78, 5) is 3.90. The summed E-state index contributed by atoms with van der Waals surface area (Å²) < 4.78 is 0. The first-order chi connectivity index (χ1) is 7.58. The van der Waals surface area contributed by atoms with Crippen LogP contribution in [0.4, 0.5) is 0 Å². The number of hydrogen-bond acceptors (Lipinski definition) is 1. The van der Waals surface area contributed by atoms with Crippen LogP contribution in [0.5, 0.6) is 0 Å². The van der Waals surface area contributed by atoms with Gasteiger partial charge in [-0.2, -0.15) is 0 Å². The maximum atomic E-state index is 6.10. The molecular weight excluding hydrogens is 288 g/mol. The average molecular weight is 293 g/mol. The summed E-state index contributed by atoms with van der Waals surface area (Å²) in [6.07, 6.45) is 1.60. The molecule has 16 heavy (non-hydrogen) atoms. The molecule has 0 N–H and O–H groups in total. The molecule has 1 aromatic carbocycles. The zero-order valence-electron chi connectivity index (χ0n) is 7.85. The molecule has 0 amide bonds. The fraction of sp³-hybridized carbons (Fsp3) is 0. The van der Waals surface area contributed by atoms with Crippen molar-refractivity contribution in [2.24, 2.45) is 0 Å². The summed E-state index contributed by atoms with van der Waals surface area (Å²) in [7, 11) is 0. The predicted molar refractivity (Wildman–Crippen MR) is 69.7 cm³/mol. The van der Waals surface area contributed by atoms with Gasteiger partial charge in [-0.1, -0.05) is 46.4 Å². The van der Waals surface area contributed by atoms with E-state index in [4.69, 9.17) is 46.4 Å². The molecule has 0 aliphatic heterocycles. The second-order valence-corrected chi connectivity index (χ2v) is 4.73. The maximum Gasteiger partial charge on any atom is 0.129 e. The lowest BCUT2D eigenvalue weighted by Gasteiger charge is -2.07. The Balaban J connectivity index is 2.64. The van der Waals surface area contributed by atoms with Crippen LogP contribution in [0.3, 0.4) is 0 Å². The van der Waals surface area contributed by atoms with E-state index in [1.54, 1.807) is 30.5 Å². The number of hydrogen-bond donors (Lipinski definition) is 0. The second-order valence-electron chi connectivity index (χ2n) is 3.12. The zero-order chi connectivity index (χ0) is 11.7. The molecule has 5 heteroatoms. The highest BCUT2D eigenvalue weighted by molar-refractivity contribution is 6.45. The third kappa shape index (κ3) is 2.44. The first-order valence-corrected chi connectivity index (χ1v) is 5.85. The minimum atomic E-state index is 0.393. The van der Waals surface area contributed by atoms with Crippen LogP contribution < -0.4 is 0 Å². The molecule has 1 nitrogen and oxygen atoms in total. The third-order valence-electron chi connectivity index (χ3n) is 2.03. The Kier molecular flexibility index (Phi) is 3.60. The molecule has 0 aliphatic carbocycles. The van der Waals surface area contributed by atoms with E-state index < -0.39 is 0 Å². The van der Waals surface area contributed by atoms with Gasteiger partial charge in [0.05, 0.1) is 10.0 Å². The van der Waals surface area contributed by atoms with Gasteiger partial charge >= 0.3 is 0 Å². The predicted octanol–water partition coefficient (Wildman–Crippen LogP) is 5.36. The van der Waals surface area contributed by atoms with E-state index in [1.165, 1.54) is 0 Å². The van der Waals surface area contributed by atoms with Gasteiger partial charge in [-0.25, -0.2) is 4.98 Å². The van der Waals surface area contributed by atoms with Crippen LogP contribution in [0.2, 0.25) is 20.2 Å². The quantitative estimate of drug-likeness (QED) is 0.509. The van der Waals surface area contributed by atoms with E-state index in [1.807, 2.05) is 0 Å². The summed E-state index contributed by atoms with van der Waals surface area (Å²) >= 11 is 23.8. The molecule has 0 atom stereocenters. The number of aromatic nitrogens is 1. The van der Waals surface area contributed by atoms with Gasteiger partial charge in [-0.15, -0.1) is 0 Å². The number of pyridine rings is 1. The zero-order valence-corrected chi connectivity index (χ0v) is 10.9. The van der Waals surface area contributed by atoms with Crippen LogP contribution in [0.15, 0.2) is 30.5 Å². The van der Waals surface area contributed by atoms with Gasteiger partial charge in [0.25, 0.3) is 0 Å². The van der Waals surface area contributed by atoms with Crippen molar-refractivity contribution >= 4 is 46.4 Å². The molecule has 82 valence electrons. The fourth-order valence-corrected chi connectivity index (χ4v) is 2.22. The van der Waals surface area contributed by atoms with Crippen molar-refractivity contribution in [3.05, 3.63) is 50.7 Å². The number of halogens is 4. The van der Waals surface area contributed by atoms with Crippen molar-refractivity contribution in [1.29, 1.82) is 0 Å². The minimum absolute atomic E-state index is 0.393. The summed E-state index contributed by atoms with van der Waals surface area (Å²) in [5.41, 5.74) is 1.57. The van der Waals surface area contributed by atoms with Crippen molar-refractivity contribution in [3.63, 3.8) is 0 Å². The summed E-state index contributed by atoms with van der Waals surface area (Å²) in [6, 6.07) is 6.83. The molecular formula is C11H5Cl4N. The van der Waals surface area contributed by atoms with Gasteiger partial charge in [-0.3, -0.25) is 0 Å². The Morgan fingerprint density at radius 3 is 2.38 bits per heavy atom. The van der Waals surface area contributed by atoms with Crippen LogP contribution in [0.25, 0.3) is 11.1 Å². The smallest absolute Gasteiger partial charge is 0.129 e. The largest absolute Gasteiger partial charge is 0.245 e. The van der Waals surface area contributed by atoms with Crippen LogP contribution in [-0.4, -0.2) is 4.98 Å². The summed E-state index contributed by atoms with van der Waals surface area (Å²) in [5, 5.41) is 1.78. The van der Waals surface area contributed by atoms with E-state index in [0.29, 0.717) is 20.2 Å². The molecule has 1 aromatic heterocycles. The molecule has 0 radical (unpaired) electrons. The lowest BCUT2D eigenvalue weighted by Crippen LogP contribution is -1.83. The van der Waals surface area contributed by atoms with Crippen molar-refractivity contribution < 1.29 is 0 Å². The van der Waals surface area contributed by atoms with E-state index >= 15 is 0 Å². The molecule has 0 aliphatic rings. The van der Waals surface area contributed by atoms with Gasteiger partial charge in [0, 0.05) is 16.8 Å². The Morgan fingerprint density at radius 1 is 0.938 bits per heavy atom. The SMILES string of the molecule is Clc1cc(Cl)c(Cl)c(-c2ccnc(Cl)c2)c1. The van der Waals surface area contributed by atoms with Crippen LogP contribution >= 0.6 is 46.4 Å². The van der Waals surface area contributed by atoms with Crippen LogP contribution in [-0.2, 0) is 0 Å². The highest BCUT2D eigenvalue weighted by atomic mass is 35.5. The van der Waals surface area contributed by atoms with Crippen LogP contribution in [0.1, 0.15) is 0 Å². The highest BCUT2D eigenvalue weighted by Gasteiger charge is 2.09. The Labute approximate surface area is 113 Å². The Hall–Kier alpha value is -0.470. The van der Waals surface area contributed by atoms with E-state index in [-0.39, 0.29) is 0 Å². The molecule has 0 bridgehead atoms. The molecule has 0 saturated carbocycles. The van der Waals surface area contributed by atoms with Gasteiger partial charge in [0.2, 0.25) is 0 Å². The molecule has 0 unspecified atom stereocenters. The molecule has 0 fully saturated rings. The first kappa shape index (κ1) is 12.0. The average Bonchev–Trinajstić information content (AvgIpc) is 2.23. The monoisotopic (exact) mass is 291 g/mol. The molecule has 2 rings (SSSR count). The number of rotatable bonds is 1. The lowest BCUT2D eigenvalue weighted by atomic mass is 10.1.